The second-order valence-electron chi connectivity index (χ2n) is 3.60. The van der Waals surface area contributed by atoms with E-state index in [2.05, 4.69) is 20.1 Å². The van der Waals surface area contributed by atoms with E-state index in [1.165, 1.54) is 12.4 Å². The first kappa shape index (κ1) is 12.4. The topological polar surface area (TPSA) is 100.0 Å². The SMILES string of the molecule is CCOC(CC)c1noc(-c2nccnc2N)n1. The summed E-state index contributed by atoms with van der Waals surface area (Å²) in [5, 5.41) is 3.89. The van der Waals surface area contributed by atoms with E-state index in [0.717, 1.165) is 6.42 Å². The molecule has 2 N–H and O–H groups in total. The van der Waals surface area contributed by atoms with Gasteiger partial charge in [0.15, 0.2) is 11.5 Å². The molecule has 1 unspecified atom stereocenters. The summed E-state index contributed by atoms with van der Waals surface area (Å²) in [5.74, 6) is 1.02. The molecule has 2 heterocycles. The summed E-state index contributed by atoms with van der Waals surface area (Å²) in [5.41, 5.74) is 6.09. The summed E-state index contributed by atoms with van der Waals surface area (Å²) in [6.45, 7) is 4.51. The molecule has 7 nitrogen and oxygen atoms in total. The second-order valence-corrected chi connectivity index (χ2v) is 3.60. The molecule has 0 bridgehead atoms. The van der Waals surface area contributed by atoms with Crippen LogP contribution in [0.5, 0.6) is 0 Å². The molecular weight excluding hydrogens is 234 g/mol. The number of hydrogen-bond acceptors (Lipinski definition) is 7. The van der Waals surface area contributed by atoms with Crippen molar-refractivity contribution in [2.75, 3.05) is 12.3 Å². The normalized spacial score (nSPS) is 12.6. The largest absolute Gasteiger partial charge is 0.382 e. The van der Waals surface area contributed by atoms with Crippen LogP contribution in [0.15, 0.2) is 16.9 Å². The van der Waals surface area contributed by atoms with Crippen molar-refractivity contribution in [2.24, 2.45) is 0 Å². The summed E-state index contributed by atoms with van der Waals surface area (Å²) in [4.78, 5) is 12.2. The summed E-state index contributed by atoms with van der Waals surface area (Å²) in [6, 6.07) is 0. The molecule has 0 aliphatic rings. The Hall–Kier alpha value is -2.02. The molecule has 1 atom stereocenters. The molecule has 7 heteroatoms. The van der Waals surface area contributed by atoms with Crippen LogP contribution in [-0.2, 0) is 4.74 Å². The van der Waals surface area contributed by atoms with Crippen LogP contribution in [0, 0.1) is 0 Å². The molecular formula is C11H15N5O2. The van der Waals surface area contributed by atoms with Crippen LogP contribution in [0.3, 0.4) is 0 Å². The van der Waals surface area contributed by atoms with E-state index < -0.39 is 0 Å². The van der Waals surface area contributed by atoms with Gasteiger partial charge in [-0.05, 0) is 13.3 Å². The summed E-state index contributed by atoms with van der Waals surface area (Å²) in [6.07, 6.45) is 3.62. The number of rotatable bonds is 5. The minimum absolute atomic E-state index is 0.176. The van der Waals surface area contributed by atoms with Gasteiger partial charge in [0.05, 0.1) is 0 Å². The lowest BCUT2D eigenvalue weighted by molar-refractivity contribution is 0.0518. The van der Waals surface area contributed by atoms with Gasteiger partial charge in [-0.25, -0.2) is 9.97 Å². The maximum atomic E-state index is 5.70. The molecule has 2 aromatic heterocycles. The van der Waals surface area contributed by atoms with Gasteiger partial charge < -0.3 is 15.0 Å². The van der Waals surface area contributed by atoms with E-state index in [1.807, 2.05) is 13.8 Å². The Balaban J connectivity index is 2.28. The third-order valence-electron chi connectivity index (χ3n) is 2.40. The smallest absolute Gasteiger partial charge is 0.280 e. The molecule has 18 heavy (non-hydrogen) atoms. The minimum atomic E-state index is -0.176. The molecule has 96 valence electrons. The zero-order valence-electron chi connectivity index (χ0n) is 10.3. The fourth-order valence-electron chi connectivity index (χ4n) is 1.55. The molecule has 0 aromatic carbocycles. The predicted octanol–water partition coefficient (Wildman–Crippen LogP) is 1.60. The highest BCUT2D eigenvalue weighted by molar-refractivity contribution is 5.61. The Bertz CT molecular complexity index is 514. The van der Waals surface area contributed by atoms with Crippen molar-refractivity contribution in [1.29, 1.82) is 0 Å². The monoisotopic (exact) mass is 249 g/mol. The summed E-state index contributed by atoms with van der Waals surface area (Å²) < 4.78 is 10.6. The summed E-state index contributed by atoms with van der Waals surface area (Å²) >= 11 is 0. The van der Waals surface area contributed by atoms with Gasteiger partial charge in [0, 0.05) is 19.0 Å². The van der Waals surface area contributed by atoms with Gasteiger partial charge in [-0.15, -0.1) is 0 Å². The van der Waals surface area contributed by atoms with Gasteiger partial charge in [-0.2, -0.15) is 4.98 Å². The first-order chi connectivity index (χ1) is 8.76. The maximum absolute atomic E-state index is 5.70. The second kappa shape index (κ2) is 5.54. The van der Waals surface area contributed by atoms with Crippen LogP contribution in [0.1, 0.15) is 32.2 Å². The minimum Gasteiger partial charge on any atom is -0.382 e. The fourth-order valence-corrected chi connectivity index (χ4v) is 1.55. The van der Waals surface area contributed by atoms with Crippen LogP contribution in [0.4, 0.5) is 5.82 Å². The van der Waals surface area contributed by atoms with E-state index >= 15 is 0 Å². The molecule has 0 spiro atoms. The summed E-state index contributed by atoms with van der Waals surface area (Å²) in [7, 11) is 0. The van der Waals surface area contributed by atoms with Crippen molar-refractivity contribution in [2.45, 2.75) is 26.4 Å². The Morgan fingerprint density at radius 1 is 1.33 bits per heavy atom. The van der Waals surface area contributed by atoms with Crippen molar-refractivity contribution >= 4 is 5.82 Å². The Kier molecular flexibility index (Phi) is 3.83. The highest BCUT2D eigenvalue weighted by Gasteiger charge is 2.19. The van der Waals surface area contributed by atoms with E-state index in [-0.39, 0.29) is 17.8 Å². The molecule has 0 aliphatic heterocycles. The molecule has 0 radical (unpaired) electrons. The Morgan fingerprint density at radius 2 is 2.11 bits per heavy atom. The number of anilines is 1. The van der Waals surface area contributed by atoms with Crippen LogP contribution in [0.2, 0.25) is 0 Å². The molecule has 2 rings (SSSR count). The fraction of sp³-hybridized carbons (Fsp3) is 0.455. The molecule has 0 saturated carbocycles. The van der Waals surface area contributed by atoms with E-state index in [0.29, 0.717) is 18.1 Å². The highest BCUT2D eigenvalue weighted by Crippen LogP contribution is 2.23. The van der Waals surface area contributed by atoms with E-state index in [9.17, 15) is 0 Å². The number of nitrogens with zero attached hydrogens (tertiary/aromatic N) is 4. The van der Waals surface area contributed by atoms with Gasteiger partial charge in [0.2, 0.25) is 5.82 Å². The van der Waals surface area contributed by atoms with Gasteiger partial charge in [0.25, 0.3) is 5.89 Å². The molecule has 0 fully saturated rings. The quantitative estimate of drug-likeness (QED) is 0.858. The first-order valence-corrected chi connectivity index (χ1v) is 5.78. The maximum Gasteiger partial charge on any atom is 0.280 e. The van der Waals surface area contributed by atoms with Gasteiger partial charge in [-0.3, -0.25) is 0 Å². The van der Waals surface area contributed by atoms with Crippen molar-refractivity contribution in [3.8, 4) is 11.6 Å². The number of nitrogens with two attached hydrogens (primary N) is 1. The van der Waals surface area contributed by atoms with Crippen LogP contribution >= 0.6 is 0 Å². The lowest BCUT2D eigenvalue weighted by Gasteiger charge is -2.09. The van der Waals surface area contributed by atoms with Crippen molar-refractivity contribution < 1.29 is 9.26 Å². The number of ether oxygens (including phenoxy) is 1. The lowest BCUT2D eigenvalue weighted by Crippen LogP contribution is -2.05. The average Bonchev–Trinajstić information content (AvgIpc) is 2.85. The highest BCUT2D eigenvalue weighted by atomic mass is 16.5. The molecule has 0 amide bonds. The van der Waals surface area contributed by atoms with Crippen molar-refractivity contribution in [3.05, 3.63) is 18.2 Å². The third-order valence-corrected chi connectivity index (χ3v) is 2.40. The van der Waals surface area contributed by atoms with Crippen LogP contribution in [0.25, 0.3) is 11.6 Å². The average molecular weight is 249 g/mol. The van der Waals surface area contributed by atoms with E-state index in [4.69, 9.17) is 15.0 Å². The number of nitrogen functional groups attached to an aromatic ring is 1. The van der Waals surface area contributed by atoms with Gasteiger partial charge >= 0.3 is 0 Å². The zero-order chi connectivity index (χ0) is 13.0. The van der Waals surface area contributed by atoms with Crippen molar-refractivity contribution in [1.82, 2.24) is 20.1 Å². The van der Waals surface area contributed by atoms with Crippen LogP contribution < -0.4 is 5.73 Å². The van der Waals surface area contributed by atoms with Crippen molar-refractivity contribution in [3.63, 3.8) is 0 Å². The van der Waals surface area contributed by atoms with E-state index in [1.54, 1.807) is 0 Å². The van der Waals surface area contributed by atoms with Crippen LogP contribution in [-0.4, -0.2) is 26.7 Å². The molecule has 0 aliphatic carbocycles. The zero-order valence-corrected chi connectivity index (χ0v) is 10.3. The third kappa shape index (κ3) is 2.45. The number of hydrogen-bond donors (Lipinski definition) is 1. The van der Waals surface area contributed by atoms with Gasteiger partial charge in [0.1, 0.15) is 6.10 Å². The van der Waals surface area contributed by atoms with Gasteiger partial charge in [-0.1, -0.05) is 12.1 Å². The Labute approximate surface area is 104 Å². The Morgan fingerprint density at radius 3 is 2.78 bits per heavy atom. The molecule has 0 saturated heterocycles. The lowest BCUT2D eigenvalue weighted by atomic mass is 10.2. The molecule has 2 aromatic rings. The first-order valence-electron chi connectivity index (χ1n) is 5.78. The number of aromatic nitrogens is 4. The standard InChI is InChI=1S/C11H15N5O2/c1-3-7(17-4-2)10-15-11(18-16-10)8-9(12)14-6-5-13-8/h5-7H,3-4H2,1-2H3,(H2,12,14). The predicted molar refractivity (Wildman–Crippen MR) is 64.4 cm³/mol.